The third-order valence-electron chi connectivity index (χ3n) is 6.32. The van der Waals surface area contributed by atoms with Crippen molar-refractivity contribution in [1.82, 2.24) is 10.6 Å². The highest BCUT2D eigenvalue weighted by molar-refractivity contribution is 7.89. The van der Waals surface area contributed by atoms with Crippen LogP contribution in [-0.2, 0) is 23.0 Å². The predicted molar refractivity (Wildman–Crippen MR) is 132 cm³/mol. The van der Waals surface area contributed by atoms with Crippen molar-refractivity contribution in [3.63, 3.8) is 0 Å². The molecule has 1 fully saturated rings. The number of hydrogen-bond donors (Lipinski definition) is 3. The van der Waals surface area contributed by atoms with Crippen molar-refractivity contribution >= 4 is 27.7 Å². The van der Waals surface area contributed by atoms with Crippen molar-refractivity contribution in [2.45, 2.75) is 43.5 Å². The third-order valence-corrected chi connectivity index (χ3v) is 7.68. The van der Waals surface area contributed by atoms with Crippen LogP contribution in [0.4, 0.5) is 4.79 Å². The molecule has 0 heterocycles. The Labute approximate surface area is 206 Å². The van der Waals surface area contributed by atoms with Crippen LogP contribution in [0.25, 0.3) is 0 Å². The molecule has 4 N–H and O–H groups in total. The number of primary sulfonamides is 1. The lowest BCUT2D eigenvalue weighted by Gasteiger charge is -2.29. The van der Waals surface area contributed by atoms with Crippen molar-refractivity contribution in [2.75, 3.05) is 20.8 Å². The maximum absolute atomic E-state index is 12.2. The molecule has 8 nitrogen and oxygen atoms in total. The number of carbonyl (C=O) groups excluding carboxylic acids is 1. The molecule has 0 bridgehead atoms. The maximum atomic E-state index is 12.2. The molecule has 0 atom stereocenters. The standard InChI is InChI=1S/C24H32ClN3O5S/c1-32-21-11-12-22(34(26,30)31)19(23(21)33-2)13-16-7-9-17(10-8-16)14-27-24(29)28-15-18-5-3-4-6-20(18)25/h3-6,11-12,16-17H,7-10,13-15H2,1-2H3,(H2,26,30,31)(H2,27,28,29). The molecular formula is C24H32ClN3O5S. The first-order valence-electron chi connectivity index (χ1n) is 11.2. The molecule has 2 amide bonds. The van der Waals surface area contributed by atoms with Crippen LogP contribution in [0, 0.1) is 11.8 Å². The van der Waals surface area contributed by atoms with E-state index in [4.69, 9.17) is 26.2 Å². The zero-order chi connectivity index (χ0) is 24.7. The maximum Gasteiger partial charge on any atom is 0.315 e. The Morgan fingerprint density at radius 1 is 1.03 bits per heavy atom. The number of halogens is 1. The van der Waals surface area contributed by atoms with Gasteiger partial charge in [-0.3, -0.25) is 0 Å². The second kappa shape index (κ2) is 11.8. The number of nitrogens with two attached hydrogens (primary N) is 1. The molecule has 2 aromatic rings. The van der Waals surface area contributed by atoms with Crippen LogP contribution < -0.4 is 25.2 Å². The molecule has 1 aliphatic rings. The van der Waals surface area contributed by atoms with Crippen molar-refractivity contribution in [2.24, 2.45) is 17.0 Å². The monoisotopic (exact) mass is 509 g/mol. The number of amides is 2. The Balaban J connectivity index is 1.52. The van der Waals surface area contributed by atoms with E-state index >= 15 is 0 Å². The number of sulfonamides is 1. The zero-order valence-corrected chi connectivity index (χ0v) is 21.0. The molecule has 186 valence electrons. The summed E-state index contributed by atoms with van der Waals surface area (Å²) in [5.41, 5.74) is 1.43. The lowest BCUT2D eigenvalue weighted by molar-refractivity contribution is 0.230. The molecule has 10 heteroatoms. The van der Waals surface area contributed by atoms with E-state index in [0.29, 0.717) is 47.5 Å². The van der Waals surface area contributed by atoms with Gasteiger partial charge in [0, 0.05) is 23.7 Å². The number of urea groups is 1. The summed E-state index contributed by atoms with van der Waals surface area (Å²) in [5, 5.41) is 11.9. The number of ether oxygens (including phenoxy) is 2. The van der Waals surface area contributed by atoms with E-state index in [1.807, 2.05) is 18.2 Å². The average molecular weight is 510 g/mol. The summed E-state index contributed by atoms with van der Waals surface area (Å²) in [5.74, 6) is 1.54. The second-order valence-corrected chi connectivity index (χ2v) is 10.5. The summed E-state index contributed by atoms with van der Waals surface area (Å²) >= 11 is 6.12. The Bertz CT molecular complexity index is 1100. The van der Waals surface area contributed by atoms with E-state index in [9.17, 15) is 13.2 Å². The fourth-order valence-corrected chi connectivity index (χ4v) is 5.46. The summed E-state index contributed by atoms with van der Waals surface area (Å²) in [7, 11) is -0.889. The first kappa shape index (κ1) is 26.1. The summed E-state index contributed by atoms with van der Waals surface area (Å²) in [4.78, 5) is 12.3. The molecule has 0 aromatic heterocycles. The van der Waals surface area contributed by atoms with Gasteiger partial charge in [-0.05, 0) is 67.7 Å². The smallest absolute Gasteiger partial charge is 0.315 e. The van der Waals surface area contributed by atoms with E-state index in [1.165, 1.54) is 20.3 Å². The van der Waals surface area contributed by atoms with Gasteiger partial charge in [-0.1, -0.05) is 29.8 Å². The third kappa shape index (κ3) is 6.77. The average Bonchev–Trinajstić information content (AvgIpc) is 2.82. The predicted octanol–water partition coefficient (Wildman–Crippen LogP) is 3.85. The van der Waals surface area contributed by atoms with Gasteiger partial charge in [-0.15, -0.1) is 0 Å². The first-order valence-corrected chi connectivity index (χ1v) is 13.2. The van der Waals surface area contributed by atoms with Gasteiger partial charge in [0.1, 0.15) is 0 Å². The fourth-order valence-electron chi connectivity index (χ4n) is 4.48. The minimum atomic E-state index is -3.90. The van der Waals surface area contributed by atoms with Crippen LogP contribution >= 0.6 is 11.6 Å². The van der Waals surface area contributed by atoms with Crippen molar-refractivity contribution in [1.29, 1.82) is 0 Å². The zero-order valence-electron chi connectivity index (χ0n) is 19.5. The van der Waals surface area contributed by atoms with Gasteiger partial charge in [-0.2, -0.15) is 0 Å². The summed E-state index contributed by atoms with van der Waals surface area (Å²) < 4.78 is 35.1. The fraction of sp³-hybridized carbons (Fsp3) is 0.458. The molecule has 1 saturated carbocycles. The minimum absolute atomic E-state index is 0.0733. The molecule has 0 radical (unpaired) electrons. The van der Waals surface area contributed by atoms with E-state index in [-0.39, 0.29) is 16.8 Å². The molecule has 3 rings (SSSR count). The van der Waals surface area contributed by atoms with E-state index in [0.717, 1.165) is 31.2 Å². The van der Waals surface area contributed by atoms with Crippen LogP contribution in [0.5, 0.6) is 11.5 Å². The number of rotatable bonds is 9. The highest BCUT2D eigenvalue weighted by Gasteiger charge is 2.27. The largest absolute Gasteiger partial charge is 0.493 e. The molecule has 0 spiro atoms. The van der Waals surface area contributed by atoms with Gasteiger partial charge in [0.05, 0.1) is 19.1 Å². The summed E-state index contributed by atoms with van der Waals surface area (Å²) in [6.07, 6.45) is 4.24. The Kier molecular flexibility index (Phi) is 9.04. The summed E-state index contributed by atoms with van der Waals surface area (Å²) in [6.45, 7) is 0.957. The molecule has 0 unspecified atom stereocenters. The molecular weight excluding hydrogens is 478 g/mol. The summed E-state index contributed by atoms with van der Waals surface area (Å²) in [6, 6.07) is 10.2. The normalized spacial score (nSPS) is 18.2. The molecule has 0 aliphatic heterocycles. The van der Waals surface area contributed by atoms with Crippen molar-refractivity contribution in [3.8, 4) is 11.5 Å². The molecule has 2 aromatic carbocycles. The van der Waals surface area contributed by atoms with Gasteiger partial charge >= 0.3 is 6.03 Å². The quantitative estimate of drug-likeness (QED) is 0.474. The SMILES string of the molecule is COc1ccc(S(N)(=O)=O)c(CC2CCC(CNC(=O)NCc3ccccc3Cl)CC2)c1OC. The van der Waals surface area contributed by atoms with Gasteiger partial charge in [0.15, 0.2) is 11.5 Å². The Morgan fingerprint density at radius 2 is 1.71 bits per heavy atom. The van der Waals surface area contributed by atoms with Crippen LogP contribution in [0.1, 0.15) is 36.8 Å². The van der Waals surface area contributed by atoms with Gasteiger partial charge in [0.25, 0.3) is 0 Å². The van der Waals surface area contributed by atoms with Crippen LogP contribution in [0.3, 0.4) is 0 Å². The number of benzene rings is 2. The molecule has 0 saturated heterocycles. The van der Waals surface area contributed by atoms with E-state index in [2.05, 4.69) is 10.6 Å². The number of methoxy groups -OCH3 is 2. The Morgan fingerprint density at radius 3 is 2.32 bits per heavy atom. The highest BCUT2D eigenvalue weighted by atomic mass is 35.5. The van der Waals surface area contributed by atoms with Gasteiger partial charge in [0.2, 0.25) is 10.0 Å². The molecule has 34 heavy (non-hydrogen) atoms. The van der Waals surface area contributed by atoms with Gasteiger partial charge in [-0.25, -0.2) is 18.4 Å². The van der Waals surface area contributed by atoms with Crippen molar-refractivity contribution in [3.05, 3.63) is 52.5 Å². The van der Waals surface area contributed by atoms with Crippen LogP contribution in [-0.4, -0.2) is 35.2 Å². The second-order valence-electron chi connectivity index (χ2n) is 8.57. The molecule has 1 aliphatic carbocycles. The topological polar surface area (TPSA) is 120 Å². The van der Waals surface area contributed by atoms with Crippen LogP contribution in [0.15, 0.2) is 41.3 Å². The van der Waals surface area contributed by atoms with E-state index in [1.54, 1.807) is 12.1 Å². The van der Waals surface area contributed by atoms with E-state index < -0.39 is 10.0 Å². The minimum Gasteiger partial charge on any atom is -0.493 e. The number of hydrogen-bond acceptors (Lipinski definition) is 5. The highest BCUT2D eigenvalue weighted by Crippen LogP contribution is 2.39. The van der Waals surface area contributed by atoms with Gasteiger partial charge < -0.3 is 20.1 Å². The number of carbonyl (C=O) groups is 1. The van der Waals surface area contributed by atoms with Crippen molar-refractivity contribution < 1.29 is 22.7 Å². The lowest BCUT2D eigenvalue weighted by atomic mass is 9.79. The lowest BCUT2D eigenvalue weighted by Crippen LogP contribution is -2.38. The van der Waals surface area contributed by atoms with Crippen LogP contribution in [0.2, 0.25) is 5.02 Å². The number of nitrogens with one attached hydrogen (secondary N) is 2. The Hall–Kier alpha value is -2.49. The first-order chi connectivity index (χ1) is 16.2.